The molecule has 0 aliphatic carbocycles. The number of hydrogen-bond acceptors (Lipinski definition) is 4. The SMILES string of the molecule is CC(C)(C)OC(=O)CCOCCCCCOCCCCCBr. The van der Waals surface area contributed by atoms with Gasteiger partial charge < -0.3 is 14.2 Å². The van der Waals surface area contributed by atoms with Crippen molar-refractivity contribution in [2.24, 2.45) is 0 Å². The van der Waals surface area contributed by atoms with Gasteiger partial charge in [-0.1, -0.05) is 22.4 Å². The smallest absolute Gasteiger partial charge is 0.308 e. The van der Waals surface area contributed by atoms with Gasteiger partial charge in [0.2, 0.25) is 0 Å². The van der Waals surface area contributed by atoms with Gasteiger partial charge in [0.05, 0.1) is 13.0 Å². The molecule has 0 saturated heterocycles. The fourth-order valence-electron chi connectivity index (χ4n) is 1.81. The third kappa shape index (κ3) is 17.9. The van der Waals surface area contributed by atoms with Gasteiger partial charge in [0.15, 0.2) is 0 Å². The van der Waals surface area contributed by atoms with E-state index in [0.717, 1.165) is 44.2 Å². The van der Waals surface area contributed by atoms with Gasteiger partial charge >= 0.3 is 5.97 Å². The van der Waals surface area contributed by atoms with Crippen molar-refractivity contribution in [3.63, 3.8) is 0 Å². The van der Waals surface area contributed by atoms with E-state index in [1.54, 1.807) is 0 Å². The van der Waals surface area contributed by atoms with E-state index in [2.05, 4.69) is 15.9 Å². The zero-order valence-corrected chi connectivity index (χ0v) is 16.1. The molecule has 0 saturated carbocycles. The molecule has 0 aromatic heterocycles. The number of ether oxygens (including phenoxy) is 3. The number of carbonyl (C=O) groups is 1. The maximum Gasteiger partial charge on any atom is 0.308 e. The highest BCUT2D eigenvalue weighted by Gasteiger charge is 2.15. The summed E-state index contributed by atoms with van der Waals surface area (Å²) in [4.78, 5) is 11.4. The van der Waals surface area contributed by atoms with Gasteiger partial charge in [0, 0.05) is 25.2 Å². The molecule has 0 aromatic rings. The van der Waals surface area contributed by atoms with Crippen molar-refractivity contribution in [1.29, 1.82) is 0 Å². The molecule has 132 valence electrons. The van der Waals surface area contributed by atoms with Crippen molar-refractivity contribution in [1.82, 2.24) is 0 Å². The molecule has 0 amide bonds. The Morgan fingerprint density at radius 2 is 1.32 bits per heavy atom. The maximum absolute atomic E-state index is 11.4. The molecule has 22 heavy (non-hydrogen) atoms. The molecule has 0 radical (unpaired) electrons. The van der Waals surface area contributed by atoms with E-state index in [-0.39, 0.29) is 5.97 Å². The van der Waals surface area contributed by atoms with Crippen LogP contribution in [-0.2, 0) is 19.0 Å². The molecule has 0 aromatic carbocycles. The Morgan fingerprint density at radius 1 is 0.818 bits per heavy atom. The highest BCUT2D eigenvalue weighted by atomic mass is 79.9. The Labute approximate surface area is 144 Å². The molecule has 0 aliphatic heterocycles. The van der Waals surface area contributed by atoms with Crippen molar-refractivity contribution in [3.05, 3.63) is 0 Å². The Morgan fingerprint density at radius 3 is 1.82 bits per heavy atom. The monoisotopic (exact) mass is 380 g/mol. The van der Waals surface area contributed by atoms with Crippen LogP contribution in [0.2, 0.25) is 0 Å². The lowest BCUT2D eigenvalue weighted by Gasteiger charge is -2.19. The first-order valence-electron chi connectivity index (χ1n) is 8.39. The van der Waals surface area contributed by atoms with Gasteiger partial charge in [0.1, 0.15) is 5.60 Å². The summed E-state index contributed by atoms with van der Waals surface area (Å²) < 4.78 is 16.2. The van der Waals surface area contributed by atoms with Gasteiger partial charge in [0.25, 0.3) is 0 Å². The summed E-state index contributed by atoms with van der Waals surface area (Å²) in [6.45, 7) is 8.47. The molecule has 4 nitrogen and oxygen atoms in total. The molecule has 0 rings (SSSR count). The molecule has 0 heterocycles. The minimum Gasteiger partial charge on any atom is -0.460 e. The van der Waals surface area contributed by atoms with E-state index >= 15 is 0 Å². The average molecular weight is 381 g/mol. The molecule has 0 N–H and O–H groups in total. The van der Waals surface area contributed by atoms with Crippen LogP contribution in [0.15, 0.2) is 0 Å². The van der Waals surface area contributed by atoms with Gasteiger partial charge in [-0.15, -0.1) is 0 Å². The van der Waals surface area contributed by atoms with Crippen LogP contribution in [0, 0.1) is 0 Å². The maximum atomic E-state index is 11.4. The number of rotatable bonds is 14. The average Bonchev–Trinajstić information content (AvgIpc) is 2.42. The van der Waals surface area contributed by atoms with Crippen LogP contribution >= 0.6 is 15.9 Å². The largest absolute Gasteiger partial charge is 0.460 e. The summed E-state index contributed by atoms with van der Waals surface area (Å²) >= 11 is 3.42. The number of alkyl halides is 1. The summed E-state index contributed by atoms with van der Waals surface area (Å²) in [6, 6.07) is 0. The lowest BCUT2D eigenvalue weighted by molar-refractivity contribution is -0.156. The van der Waals surface area contributed by atoms with Crippen LogP contribution in [0.5, 0.6) is 0 Å². The van der Waals surface area contributed by atoms with Crippen LogP contribution in [0.25, 0.3) is 0 Å². The van der Waals surface area contributed by atoms with Crippen LogP contribution in [0.3, 0.4) is 0 Å². The standard InChI is InChI=1S/C17H33BrO4/c1-17(2,3)22-16(19)10-15-21-14-9-5-8-13-20-12-7-4-6-11-18/h4-15H2,1-3H3. The fourth-order valence-corrected chi connectivity index (χ4v) is 2.21. The molecule has 0 unspecified atom stereocenters. The summed E-state index contributed by atoms with van der Waals surface area (Å²) in [7, 11) is 0. The minimum absolute atomic E-state index is 0.194. The first-order chi connectivity index (χ1) is 10.5. The van der Waals surface area contributed by atoms with E-state index in [1.807, 2.05) is 20.8 Å². The summed E-state index contributed by atoms with van der Waals surface area (Å²) in [5.41, 5.74) is -0.411. The predicted molar refractivity (Wildman–Crippen MR) is 93.6 cm³/mol. The topological polar surface area (TPSA) is 44.8 Å². The van der Waals surface area contributed by atoms with E-state index in [0.29, 0.717) is 19.6 Å². The third-order valence-electron chi connectivity index (χ3n) is 2.87. The van der Waals surface area contributed by atoms with Gasteiger partial charge in [-0.3, -0.25) is 4.79 Å². The first kappa shape index (κ1) is 21.9. The Hall–Kier alpha value is -0.130. The van der Waals surface area contributed by atoms with Crippen LogP contribution in [0.1, 0.15) is 65.7 Å². The number of halogens is 1. The van der Waals surface area contributed by atoms with E-state index in [4.69, 9.17) is 14.2 Å². The van der Waals surface area contributed by atoms with E-state index in [1.165, 1.54) is 12.8 Å². The lowest BCUT2D eigenvalue weighted by Crippen LogP contribution is -2.24. The second kappa shape index (κ2) is 14.5. The first-order valence-corrected chi connectivity index (χ1v) is 9.51. The van der Waals surface area contributed by atoms with Crippen LogP contribution in [0.4, 0.5) is 0 Å². The molecule has 0 bridgehead atoms. The Kier molecular flexibility index (Phi) is 14.4. The van der Waals surface area contributed by atoms with Gasteiger partial charge in [-0.25, -0.2) is 0 Å². The minimum atomic E-state index is -0.411. The molecule has 0 fully saturated rings. The molecule has 5 heteroatoms. The van der Waals surface area contributed by atoms with Crippen molar-refractivity contribution in [2.45, 2.75) is 71.3 Å². The van der Waals surface area contributed by atoms with Crippen molar-refractivity contribution >= 4 is 21.9 Å². The highest BCUT2D eigenvalue weighted by molar-refractivity contribution is 9.09. The summed E-state index contributed by atoms with van der Waals surface area (Å²) in [6.07, 6.45) is 7.14. The molecular weight excluding hydrogens is 348 g/mol. The van der Waals surface area contributed by atoms with Crippen molar-refractivity contribution in [2.75, 3.05) is 31.8 Å². The van der Waals surface area contributed by atoms with Crippen LogP contribution < -0.4 is 0 Å². The van der Waals surface area contributed by atoms with Gasteiger partial charge in [-0.2, -0.15) is 0 Å². The van der Waals surface area contributed by atoms with E-state index < -0.39 is 5.60 Å². The second-order valence-corrected chi connectivity index (χ2v) is 7.16. The summed E-state index contributed by atoms with van der Waals surface area (Å²) in [5.74, 6) is -0.194. The van der Waals surface area contributed by atoms with Gasteiger partial charge in [-0.05, 0) is 52.9 Å². The zero-order valence-electron chi connectivity index (χ0n) is 14.5. The predicted octanol–water partition coefficient (Wildman–Crippen LogP) is 4.49. The van der Waals surface area contributed by atoms with E-state index in [9.17, 15) is 4.79 Å². The number of hydrogen-bond donors (Lipinski definition) is 0. The molecule has 0 atom stereocenters. The highest BCUT2D eigenvalue weighted by Crippen LogP contribution is 2.08. The van der Waals surface area contributed by atoms with Crippen molar-refractivity contribution in [3.8, 4) is 0 Å². The Balaban J connectivity index is 3.16. The normalized spacial score (nSPS) is 11.6. The summed E-state index contributed by atoms with van der Waals surface area (Å²) in [5, 5.41) is 1.08. The number of carbonyl (C=O) groups excluding carboxylic acids is 1. The zero-order chi connectivity index (χ0) is 16.7. The second-order valence-electron chi connectivity index (χ2n) is 6.37. The third-order valence-corrected chi connectivity index (χ3v) is 3.43. The molecule has 0 spiro atoms. The van der Waals surface area contributed by atoms with Crippen molar-refractivity contribution < 1.29 is 19.0 Å². The molecule has 0 aliphatic rings. The Bertz CT molecular complexity index is 264. The number of esters is 1. The number of unbranched alkanes of at least 4 members (excludes halogenated alkanes) is 4. The van der Waals surface area contributed by atoms with Crippen LogP contribution in [-0.4, -0.2) is 43.3 Å². The fraction of sp³-hybridized carbons (Fsp3) is 0.941. The quantitative estimate of drug-likeness (QED) is 0.253. The lowest BCUT2D eigenvalue weighted by atomic mass is 10.2. The molecular formula is C17H33BrO4.